The molecule has 23 heavy (non-hydrogen) atoms. The number of allylic oxidation sites excluding steroid dienone is 1. The van der Waals surface area contributed by atoms with Crippen molar-refractivity contribution in [3.63, 3.8) is 0 Å². The molecule has 0 heterocycles. The van der Waals surface area contributed by atoms with E-state index in [4.69, 9.17) is 17.4 Å². The zero-order valence-corrected chi connectivity index (χ0v) is 12.7. The molecule has 0 aromatic rings. The molecule has 0 spiro atoms. The molecule has 5 heteroatoms. The SMILES string of the molecule is [2H]C([2H])([2H])C([2H])([2H])C([2H])([2H])C([2H])([2H])C[C@H](O)/C=C/[C@@H]1[C@@H](C/C=C\CC(=O)O)[C@@H](O)C[C@@H]1O. The zero-order valence-electron chi connectivity index (χ0n) is 21.7. The van der Waals surface area contributed by atoms with Crippen molar-refractivity contribution < 1.29 is 37.6 Å². The lowest BCUT2D eigenvalue weighted by atomic mass is 9.89. The molecule has 0 bridgehead atoms. The monoisotopic (exact) mass is 335 g/mol. The van der Waals surface area contributed by atoms with Gasteiger partial charge in [-0.05, 0) is 18.8 Å². The first-order valence-electron chi connectivity index (χ1n) is 11.9. The summed E-state index contributed by atoms with van der Waals surface area (Å²) in [4.78, 5) is 10.6. The predicted molar refractivity (Wildman–Crippen MR) is 88.9 cm³/mol. The first kappa shape index (κ1) is 9.97. The largest absolute Gasteiger partial charge is 0.481 e. The highest BCUT2D eigenvalue weighted by molar-refractivity contribution is 5.68. The minimum Gasteiger partial charge on any atom is -0.481 e. The summed E-state index contributed by atoms with van der Waals surface area (Å²) in [6.45, 7) is -3.43. The lowest BCUT2D eigenvalue weighted by molar-refractivity contribution is -0.136. The summed E-state index contributed by atoms with van der Waals surface area (Å²) in [7, 11) is 0. The van der Waals surface area contributed by atoms with E-state index in [0.29, 0.717) is 0 Å². The van der Waals surface area contributed by atoms with Gasteiger partial charge in [-0.15, -0.1) is 0 Å². The van der Waals surface area contributed by atoms with Crippen LogP contribution in [0, 0.1) is 11.8 Å². The van der Waals surface area contributed by atoms with Crippen molar-refractivity contribution in [2.24, 2.45) is 11.8 Å². The van der Waals surface area contributed by atoms with Crippen LogP contribution in [-0.2, 0) is 4.79 Å². The molecule has 0 aromatic carbocycles. The van der Waals surface area contributed by atoms with E-state index in [1.54, 1.807) is 6.08 Å². The molecule has 0 aromatic heterocycles. The Hall–Kier alpha value is -1.17. The van der Waals surface area contributed by atoms with Crippen LogP contribution in [0.5, 0.6) is 0 Å². The molecule has 5 nitrogen and oxygen atoms in total. The average molecular weight is 335 g/mol. The molecule has 1 rings (SSSR count). The molecule has 0 radical (unpaired) electrons. The molecular formula is C18H30O5. The third-order valence-electron chi connectivity index (χ3n) is 3.80. The minimum absolute atomic E-state index is 0.0463. The summed E-state index contributed by atoms with van der Waals surface area (Å²) in [6, 6.07) is 0. The molecule has 0 amide bonds. The quantitative estimate of drug-likeness (QED) is 0.459. The van der Waals surface area contributed by atoms with Gasteiger partial charge in [-0.25, -0.2) is 0 Å². The maximum absolute atomic E-state index is 10.6. The summed E-state index contributed by atoms with van der Waals surface area (Å²) in [5.74, 6) is -2.17. The Labute approximate surface area is 151 Å². The Morgan fingerprint density at radius 3 is 2.83 bits per heavy atom. The van der Waals surface area contributed by atoms with E-state index in [2.05, 4.69) is 0 Å². The number of rotatable bonds is 10. The molecule has 0 saturated heterocycles. The molecule has 4 N–H and O–H groups in total. The van der Waals surface area contributed by atoms with E-state index in [9.17, 15) is 20.1 Å². The van der Waals surface area contributed by atoms with Gasteiger partial charge in [0.05, 0.1) is 24.7 Å². The first-order valence-corrected chi connectivity index (χ1v) is 7.44. The standard InChI is InChI=1S/C18H30O5/c1-2-3-4-7-13(19)10-11-15-14(16(20)12-17(15)21)8-5-6-9-18(22)23/h5-6,10-11,13-17,19-21H,2-4,7-9,12H2,1H3,(H,22,23)/b6-5-,11-10+/t13-,14+,15+,16-,17-/m0/s1/i1D3,2D2,3D2,4D2. The number of hydrogen-bond acceptors (Lipinski definition) is 4. The van der Waals surface area contributed by atoms with Crippen LogP contribution in [0.3, 0.4) is 0 Å². The summed E-state index contributed by atoms with van der Waals surface area (Å²) in [6.07, 6.45) is -8.96. The summed E-state index contributed by atoms with van der Waals surface area (Å²) in [5, 5.41) is 39.2. The van der Waals surface area contributed by atoms with E-state index in [0.717, 1.165) is 6.08 Å². The van der Waals surface area contributed by atoms with E-state index in [-0.39, 0.29) is 19.3 Å². The van der Waals surface area contributed by atoms with E-state index in [1.807, 2.05) is 0 Å². The molecule has 5 atom stereocenters. The summed E-state index contributed by atoms with van der Waals surface area (Å²) in [5.41, 5.74) is 0. The molecule has 1 fully saturated rings. The van der Waals surface area contributed by atoms with Crippen LogP contribution in [-0.4, -0.2) is 44.7 Å². The Morgan fingerprint density at radius 1 is 1.35 bits per heavy atom. The second-order valence-corrected chi connectivity index (χ2v) is 5.50. The Morgan fingerprint density at radius 2 is 2.13 bits per heavy atom. The minimum atomic E-state index is -3.52. The third-order valence-corrected chi connectivity index (χ3v) is 3.80. The number of aliphatic hydroxyl groups is 3. The van der Waals surface area contributed by atoms with Gasteiger partial charge in [-0.1, -0.05) is 50.3 Å². The van der Waals surface area contributed by atoms with Gasteiger partial charge >= 0.3 is 5.97 Å². The predicted octanol–water partition coefficient (Wildman–Crippen LogP) is 2.26. The van der Waals surface area contributed by atoms with Crippen molar-refractivity contribution in [1.82, 2.24) is 0 Å². The van der Waals surface area contributed by atoms with Gasteiger partial charge < -0.3 is 20.4 Å². The van der Waals surface area contributed by atoms with Crippen molar-refractivity contribution in [3.05, 3.63) is 24.3 Å². The first-order chi connectivity index (χ1) is 14.3. The fourth-order valence-electron chi connectivity index (χ4n) is 2.67. The molecular weight excluding hydrogens is 296 g/mol. The number of hydrogen-bond donors (Lipinski definition) is 4. The maximum atomic E-state index is 10.6. The second kappa shape index (κ2) is 10.6. The number of aliphatic hydroxyl groups excluding tert-OH is 3. The molecule has 0 aliphatic heterocycles. The normalized spacial score (nSPS) is 37.8. The topological polar surface area (TPSA) is 98.0 Å². The van der Waals surface area contributed by atoms with Crippen LogP contribution >= 0.6 is 0 Å². The molecule has 0 unspecified atom stereocenters. The summed E-state index contributed by atoms with van der Waals surface area (Å²) < 4.78 is 68.1. The van der Waals surface area contributed by atoms with E-state index < -0.39 is 68.5 Å². The van der Waals surface area contributed by atoms with Crippen molar-refractivity contribution in [2.75, 3.05) is 0 Å². The molecule has 1 aliphatic rings. The fraction of sp³-hybridized carbons (Fsp3) is 0.722. The zero-order chi connectivity index (χ0) is 25.1. The average Bonchev–Trinajstić information content (AvgIpc) is 2.87. The van der Waals surface area contributed by atoms with Gasteiger partial charge in [0.15, 0.2) is 0 Å². The maximum Gasteiger partial charge on any atom is 0.307 e. The van der Waals surface area contributed by atoms with Gasteiger partial charge in [0.2, 0.25) is 0 Å². The number of carboxylic acids is 1. The highest BCUT2D eigenvalue weighted by atomic mass is 16.4. The fourth-order valence-corrected chi connectivity index (χ4v) is 2.67. The summed E-state index contributed by atoms with van der Waals surface area (Å²) >= 11 is 0. The highest BCUT2D eigenvalue weighted by Gasteiger charge is 2.39. The smallest absolute Gasteiger partial charge is 0.307 e. The highest BCUT2D eigenvalue weighted by Crippen LogP contribution is 2.36. The Bertz CT molecular complexity index is 705. The van der Waals surface area contributed by atoms with Crippen molar-refractivity contribution >= 4 is 5.97 Å². The lowest BCUT2D eigenvalue weighted by Crippen LogP contribution is -2.20. The Kier molecular flexibility index (Phi) is 4.58. The Balaban J connectivity index is 2.92. The van der Waals surface area contributed by atoms with Crippen LogP contribution in [0.4, 0.5) is 0 Å². The van der Waals surface area contributed by atoms with Gasteiger partial charge in [0, 0.05) is 24.7 Å². The number of carboxylic acid groups (broad SMARTS) is 1. The molecule has 1 saturated carbocycles. The van der Waals surface area contributed by atoms with Gasteiger partial charge in [0.1, 0.15) is 0 Å². The van der Waals surface area contributed by atoms with Crippen LogP contribution in [0.2, 0.25) is 0 Å². The van der Waals surface area contributed by atoms with Crippen molar-refractivity contribution in [2.45, 2.75) is 70.0 Å². The van der Waals surface area contributed by atoms with Crippen molar-refractivity contribution in [3.8, 4) is 0 Å². The molecule has 1 aliphatic carbocycles. The van der Waals surface area contributed by atoms with Crippen LogP contribution in [0.25, 0.3) is 0 Å². The van der Waals surface area contributed by atoms with Gasteiger partial charge in [0.25, 0.3) is 0 Å². The molecule has 132 valence electrons. The van der Waals surface area contributed by atoms with Gasteiger partial charge in [-0.3, -0.25) is 4.79 Å². The van der Waals surface area contributed by atoms with Crippen LogP contribution in [0.1, 0.15) is 64.0 Å². The van der Waals surface area contributed by atoms with Crippen molar-refractivity contribution in [1.29, 1.82) is 0 Å². The van der Waals surface area contributed by atoms with Crippen LogP contribution < -0.4 is 0 Å². The number of aliphatic carboxylic acids is 1. The second-order valence-electron chi connectivity index (χ2n) is 5.50. The van der Waals surface area contributed by atoms with E-state index in [1.165, 1.54) is 12.2 Å². The third kappa shape index (κ3) is 7.29. The van der Waals surface area contributed by atoms with E-state index >= 15 is 0 Å². The lowest BCUT2D eigenvalue weighted by Gasteiger charge is -2.19. The van der Waals surface area contributed by atoms with Crippen LogP contribution in [0.15, 0.2) is 24.3 Å². The number of carbonyl (C=O) groups is 1. The van der Waals surface area contributed by atoms with Gasteiger partial charge in [-0.2, -0.15) is 0 Å².